The lowest BCUT2D eigenvalue weighted by molar-refractivity contribution is 0.542. The fourth-order valence-electron chi connectivity index (χ4n) is 1.79. The maximum Gasteiger partial charge on any atom is 0.0841 e. The minimum Gasteiger partial charge on any atom is -0.256 e. The van der Waals surface area contributed by atoms with E-state index in [4.69, 9.17) is 0 Å². The molecule has 0 aliphatic rings. The van der Waals surface area contributed by atoms with Gasteiger partial charge in [0.05, 0.1) is 11.4 Å². The highest BCUT2D eigenvalue weighted by Crippen LogP contribution is 2.18. The van der Waals surface area contributed by atoms with Crippen LogP contribution in [0.4, 0.5) is 5.69 Å². The van der Waals surface area contributed by atoms with Crippen LogP contribution in [0, 0.1) is 19.3 Å². The average molecular weight is 258 g/mol. The van der Waals surface area contributed by atoms with Gasteiger partial charge in [-0.3, -0.25) is 9.98 Å². The fourth-order valence-corrected chi connectivity index (χ4v) is 1.79. The Kier molecular flexibility index (Phi) is 5.46. The largest absolute Gasteiger partial charge is 0.256 e. The van der Waals surface area contributed by atoms with Crippen LogP contribution in [-0.4, -0.2) is 10.7 Å². The molecule has 104 valence electrons. The molecule has 0 atom stereocenters. The van der Waals surface area contributed by atoms with Gasteiger partial charge in [-0.15, -0.1) is 0 Å². The van der Waals surface area contributed by atoms with Crippen molar-refractivity contribution in [1.82, 2.24) is 4.98 Å². The highest BCUT2D eigenvalue weighted by atomic mass is 14.8. The molecule has 1 heterocycles. The molecule has 0 radical (unpaired) electrons. The van der Waals surface area contributed by atoms with Crippen molar-refractivity contribution in [3.05, 3.63) is 35.7 Å². The van der Waals surface area contributed by atoms with Gasteiger partial charge in [0.25, 0.3) is 0 Å². The number of aromatic nitrogens is 1. The lowest BCUT2D eigenvalue weighted by Gasteiger charge is -2.10. The van der Waals surface area contributed by atoms with E-state index in [-0.39, 0.29) is 5.41 Å². The Morgan fingerprint density at radius 1 is 1.26 bits per heavy atom. The highest BCUT2D eigenvalue weighted by Gasteiger charge is 2.03. The Balaban J connectivity index is 2.60. The Bertz CT molecular complexity index is 477. The lowest BCUT2D eigenvalue weighted by Crippen LogP contribution is -1.98. The Morgan fingerprint density at radius 2 is 1.95 bits per heavy atom. The number of allylic oxidation sites excluding steroid dienone is 2. The molecular formula is C17H26N2. The monoisotopic (exact) mass is 258 g/mol. The summed E-state index contributed by atoms with van der Waals surface area (Å²) in [7, 11) is 0. The van der Waals surface area contributed by atoms with Gasteiger partial charge in [0.1, 0.15) is 0 Å². The highest BCUT2D eigenvalue weighted by molar-refractivity contribution is 5.84. The summed E-state index contributed by atoms with van der Waals surface area (Å²) in [4.78, 5) is 9.09. The Morgan fingerprint density at radius 3 is 2.53 bits per heavy atom. The van der Waals surface area contributed by atoms with E-state index < -0.39 is 0 Å². The predicted molar refractivity (Wildman–Crippen MR) is 84.3 cm³/mol. The van der Waals surface area contributed by atoms with Crippen LogP contribution in [0.1, 0.15) is 51.9 Å². The summed E-state index contributed by atoms with van der Waals surface area (Å²) in [5, 5.41) is 0. The summed E-state index contributed by atoms with van der Waals surface area (Å²) in [5.74, 6) is 0. The first kappa shape index (κ1) is 15.6. The van der Waals surface area contributed by atoms with Crippen LogP contribution in [0.2, 0.25) is 0 Å². The molecule has 1 aromatic rings. The molecule has 0 saturated heterocycles. The summed E-state index contributed by atoms with van der Waals surface area (Å²) < 4.78 is 0. The fraction of sp³-hybridized carbons (Fsp3) is 0.529. The van der Waals surface area contributed by atoms with Crippen molar-refractivity contribution in [2.75, 3.05) is 0 Å². The van der Waals surface area contributed by atoms with E-state index in [1.54, 1.807) is 0 Å². The third-order valence-electron chi connectivity index (χ3n) is 2.80. The van der Waals surface area contributed by atoms with Crippen molar-refractivity contribution in [1.29, 1.82) is 0 Å². The minimum atomic E-state index is 0.266. The molecule has 0 saturated carbocycles. The summed E-state index contributed by atoms with van der Waals surface area (Å²) in [6, 6.07) is 4.06. The standard InChI is InChI=1S/C17H26N2/c1-13(9-7-8-12-17(4,5)6)19-16-11-10-14(2)18-15(16)3/h8,10-12H,7,9H2,1-6H3/b12-8-,19-13+. The van der Waals surface area contributed by atoms with Gasteiger partial charge in [0.15, 0.2) is 0 Å². The van der Waals surface area contributed by atoms with Crippen LogP contribution in [0.3, 0.4) is 0 Å². The first-order valence-electron chi connectivity index (χ1n) is 6.94. The number of aryl methyl sites for hydroxylation is 2. The van der Waals surface area contributed by atoms with Crippen LogP contribution in [0.25, 0.3) is 0 Å². The molecule has 0 aliphatic heterocycles. The van der Waals surface area contributed by atoms with Crippen LogP contribution >= 0.6 is 0 Å². The van der Waals surface area contributed by atoms with Gasteiger partial charge in [-0.05, 0) is 51.2 Å². The quantitative estimate of drug-likeness (QED) is 0.540. The first-order chi connectivity index (χ1) is 8.78. The molecule has 0 N–H and O–H groups in total. The van der Waals surface area contributed by atoms with E-state index in [2.05, 4.69) is 49.8 Å². The molecule has 0 aromatic carbocycles. The van der Waals surface area contributed by atoms with Gasteiger partial charge in [-0.2, -0.15) is 0 Å². The van der Waals surface area contributed by atoms with Crippen molar-refractivity contribution in [2.24, 2.45) is 10.4 Å². The van der Waals surface area contributed by atoms with Gasteiger partial charge < -0.3 is 0 Å². The van der Waals surface area contributed by atoms with Gasteiger partial charge >= 0.3 is 0 Å². The molecule has 0 unspecified atom stereocenters. The number of nitrogens with zero attached hydrogens (tertiary/aromatic N) is 2. The zero-order valence-electron chi connectivity index (χ0n) is 13.1. The van der Waals surface area contributed by atoms with Crippen LogP contribution in [0.15, 0.2) is 29.3 Å². The lowest BCUT2D eigenvalue weighted by atomic mass is 9.96. The molecule has 0 amide bonds. The maximum atomic E-state index is 4.65. The Labute approximate surface area is 117 Å². The second-order valence-electron chi connectivity index (χ2n) is 6.21. The van der Waals surface area contributed by atoms with Crippen molar-refractivity contribution in [3.63, 3.8) is 0 Å². The minimum absolute atomic E-state index is 0.266. The van der Waals surface area contributed by atoms with Crippen LogP contribution < -0.4 is 0 Å². The van der Waals surface area contributed by atoms with E-state index in [1.807, 2.05) is 26.0 Å². The molecule has 19 heavy (non-hydrogen) atoms. The summed E-state index contributed by atoms with van der Waals surface area (Å²) in [6.45, 7) is 12.7. The number of hydrogen-bond donors (Lipinski definition) is 0. The smallest absolute Gasteiger partial charge is 0.0841 e. The van der Waals surface area contributed by atoms with Gasteiger partial charge in [-0.25, -0.2) is 0 Å². The molecule has 1 aromatic heterocycles. The normalized spacial score (nSPS) is 13.3. The molecule has 0 fully saturated rings. The topological polar surface area (TPSA) is 25.2 Å². The molecule has 0 bridgehead atoms. The van der Waals surface area contributed by atoms with Crippen LogP contribution in [0.5, 0.6) is 0 Å². The number of rotatable bonds is 4. The number of pyridine rings is 1. The van der Waals surface area contributed by atoms with E-state index in [9.17, 15) is 0 Å². The molecular weight excluding hydrogens is 232 g/mol. The number of hydrogen-bond acceptors (Lipinski definition) is 2. The molecule has 2 nitrogen and oxygen atoms in total. The summed E-state index contributed by atoms with van der Waals surface area (Å²) >= 11 is 0. The number of aliphatic imine (C=N–C) groups is 1. The third-order valence-corrected chi connectivity index (χ3v) is 2.80. The molecule has 0 aliphatic carbocycles. The van der Waals surface area contributed by atoms with E-state index in [1.165, 1.54) is 0 Å². The van der Waals surface area contributed by atoms with Gasteiger partial charge in [0, 0.05) is 11.4 Å². The zero-order chi connectivity index (χ0) is 14.5. The van der Waals surface area contributed by atoms with Crippen molar-refractivity contribution >= 4 is 11.4 Å². The molecule has 1 rings (SSSR count). The van der Waals surface area contributed by atoms with E-state index >= 15 is 0 Å². The summed E-state index contributed by atoms with van der Waals surface area (Å²) in [6.07, 6.45) is 6.56. The van der Waals surface area contributed by atoms with Crippen molar-refractivity contribution in [2.45, 2.75) is 54.4 Å². The van der Waals surface area contributed by atoms with E-state index in [0.29, 0.717) is 0 Å². The summed E-state index contributed by atoms with van der Waals surface area (Å²) in [5.41, 5.74) is 4.46. The van der Waals surface area contributed by atoms with Crippen molar-refractivity contribution < 1.29 is 0 Å². The second kappa shape index (κ2) is 6.65. The molecule has 2 heteroatoms. The molecule has 0 spiro atoms. The SMILES string of the molecule is C/C(CC/C=C\C(C)(C)C)=N\c1ccc(C)nc1C. The Hall–Kier alpha value is -1.44. The predicted octanol–water partition coefficient (Wildman–Crippen LogP) is 5.17. The maximum absolute atomic E-state index is 4.65. The average Bonchev–Trinajstić information content (AvgIpc) is 2.27. The van der Waals surface area contributed by atoms with E-state index in [0.717, 1.165) is 35.6 Å². The zero-order valence-corrected chi connectivity index (χ0v) is 13.1. The van der Waals surface area contributed by atoms with Crippen molar-refractivity contribution in [3.8, 4) is 0 Å². The van der Waals surface area contributed by atoms with Gasteiger partial charge in [0.2, 0.25) is 0 Å². The van der Waals surface area contributed by atoms with Gasteiger partial charge in [-0.1, -0.05) is 32.9 Å². The first-order valence-corrected chi connectivity index (χ1v) is 6.94. The van der Waals surface area contributed by atoms with Crippen LogP contribution in [-0.2, 0) is 0 Å². The third kappa shape index (κ3) is 6.32. The second-order valence-corrected chi connectivity index (χ2v) is 6.21.